The zero-order chi connectivity index (χ0) is 7.40. The Kier molecular flexibility index (Phi) is 2.30. The topological polar surface area (TPSA) is 17.2 Å². The van der Waals surface area contributed by atoms with Crippen LogP contribution in [-0.2, 0) is 0 Å². The molecule has 0 atom stereocenters. The highest BCUT2D eigenvalue weighted by molar-refractivity contribution is 7.98. The first-order valence-electron chi connectivity index (χ1n) is 2.75. The molecule has 0 saturated carbocycles. The first-order valence-corrected chi connectivity index (χ1v) is 3.98. The Morgan fingerprint density at radius 1 is 1.60 bits per heavy atom. The number of hydrogen-bond acceptors (Lipinski definition) is 2. The first kappa shape index (κ1) is 7.10. The van der Waals surface area contributed by atoms with E-state index in [1.807, 2.05) is 18.4 Å². The number of thioether (sulfide) groups is 1. The molecule has 0 spiro atoms. The second-order valence-electron chi connectivity index (χ2n) is 1.65. The fourth-order valence-corrected chi connectivity index (χ4v) is 0.979. The molecule has 0 amide bonds. The lowest BCUT2D eigenvalue weighted by Crippen LogP contribution is -1.74. The van der Waals surface area contributed by atoms with Gasteiger partial charge in [-0.2, -0.15) is 0 Å². The van der Waals surface area contributed by atoms with Crippen molar-refractivity contribution in [1.29, 1.82) is 0 Å². The lowest BCUT2D eigenvalue weighted by Gasteiger charge is -1.88. The Morgan fingerprint density at radius 2 is 2.40 bits per heavy atom. The van der Waals surface area contributed by atoms with E-state index in [0.29, 0.717) is 5.82 Å². The minimum atomic E-state index is 0.465. The third-order valence-electron chi connectivity index (χ3n) is 1.03. The molecule has 0 unspecified atom stereocenters. The molecule has 0 aliphatic rings. The molecular weight excluding hydrogens is 144 g/mol. The molecular formula is C7H6N2S. The monoisotopic (exact) mass is 150 g/mol. The van der Waals surface area contributed by atoms with Gasteiger partial charge >= 0.3 is 0 Å². The normalized spacial score (nSPS) is 8.80. The average Bonchev–Trinajstić information content (AvgIpc) is 2.05. The summed E-state index contributed by atoms with van der Waals surface area (Å²) in [5, 5.41) is 0.897. The van der Waals surface area contributed by atoms with Gasteiger partial charge in [0.2, 0.25) is 0 Å². The van der Waals surface area contributed by atoms with Crippen LogP contribution in [0.2, 0.25) is 0 Å². The van der Waals surface area contributed by atoms with E-state index in [-0.39, 0.29) is 0 Å². The predicted octanol–water partition coefficient (Wildman–Crippen LogP) is 2.35. The van der Waals surface area contributed by atoms with Gasteiger partial charge < -0.3 is 4.85 Å². The van der Waals surface area contributed by atoms with E-state index in [9.17, 15) is 0 Å². The van der Waals surface area contributed by atoms with Gasteiger partial charge in [-0.05, 0) is 18.4 Å². The zero-order valence-corrected chi connectivity index (χ0v) is 6.35. The first-order chi connectivity index (χ1) is 4.86. The zero-order valence-electron chi connectivity index (χ0n) is 5.53. The molecule has 1 aromatic heterocycles. The molecule has 0 bridgehead atoms. The summed E-state index contributed by atoms with van der Waals surface area (Å²) >= 11 is 1.54. The maximum Gasteiger partial charge on any atom is 0.270 e. The van der Waals surface area contributed by atoms with Crippen molar-refractivity contribution in [3.8, 4) is 0 Å². The lowest BCUT2D eigenvalue weighted by molar-refractivity contribution is 1.16. The number of pyridine rings is 1. The summed E-state index contributed by atoms with van der Waals surface area (Å²) in [5.74, 6) is 0.465. The number of nitrogens with zero attached hydrogens (tertiary/aromatic N) is 2. The second-order valence-corrected chi connectivity index (χ2v) is 2.48. The molecule has 0 aromatic carbocycles. The van der Waals surface area contributed by atoms with E-state index in [2.05, 4.69) is 9.83 Å². The van der Waals surface area contributed by atoms with Crippen molar-refractivity contribution in [2.75, 3.05) is 6.26 Å². The molecule has 10 heavy (non-hydrogen) atoms. The van der Waals surface area contributed by atoms with Gasteiger partial charge in [-0.1, -0.05) is 24.4 Å². The van der Waals surface area contributed by atoms with Crippen molar-refractivity contribution >= 4 is 17.6 Å². The number of hydrogen-bond donors (Lipinski definition) is 0. The van der Waals surface area contributed by atoms with Crippen LogP contribution in [0.1, 0.15) is 0 Å². The third-order valence-corrected chi connectivity index (χ3v) is 1.68. The molecule has 2 nitrogen and oxygen atoms in total. The smallest absolute Gasteiger partial charge is 0.270 e. The molecule has 0 saturated heterocycles. The number of rotatable bonds is 1. The highest BCUT2D eigenvalue weighted by Crippen LogP contribution is 2.15. The summed E-state index contributed by atoms with van der Waals surface area (Å²) in [7, 11) is 0. The van der Waals surface area contributed by atoms with Crippen molar-refractivity contribution in [2.24, 2.45) is 0 Å². The van der Waals surface area contributed by atoms with E-state index in [1.54, 1.807) is 17.8 Å². The maximum absolute atomic E-state index is 6.67. The van der Waals surface area contributed by atoms with Crippen LogP contribution in [0.3, 0.4) is 0 Å². The Balaban J connectivity index is 3.01. The summed E-state index contributed by atoms with van der Waals surface area (Å²) in [5.41, 5.74) is 0. The SMILES string of the molecule is [C-]#[N+]c1cccc(SC)n1. The van der Waals surface area contributed by atoms with Gasteiger partial charge in [-0.3, -0.25) is 0 Å². The van der Waals surface area contributed by atoms with Crippen LogP contribution in [0.5, 0.6) is 0 Å². The number of aromatic nitrogens is 1. The highest BCUT2D eigenvalue weighted by Gasteiger charge is 1.95. The van der Waals surface area contributed by atoms with Gasteiger partial charge in [-0.25, -0.2) is 0 Å². The van der Waals surface area contributed by atoms with Gasteiger partial charge in [-0.15, -0.1) is 4.98 Å². The van der Waals surface area contributed by atoms with Crippen LogP contribution >= 0.6 is 11.8 Å². The fourth-order valence-electron chi connectivity index (χ4n) is 0.580. The summed E-state index contributed by atoms with van der Waals surface area (Å²) in [6, 6.07) is 5.43. The van der Waals surface area contributed by atoms with Crippen LogP contribution in [0.4, 0.5) is 5.82 Å². The largest absolute Gasteiger partial charge is 0.361 e. The standard InChI is InChI=1S/C7H6N2S/c1-8-6-4-3-5-7(9-6)10-2/h3-5H,2H3. The molecule has 1 heterocycles. The van der Waals surface area contributed by atoms with Gasteiger partial charge in [0.05, 0.1) is 0 Å². The molecule has 50 valence electrons. The molecule has 0 aliphatic heterocycles. The quantitative estimate of drug-likeness (QED) is 0.451. The van der Waals surface area contributed by atoms with Gasteiger partial charge in [0.15, 0.2) is 5.03 Å². The molecule has 1 rings (SSSR count). The summed E-state index contributed by atoms with van der Waals surface area (Å²) in [6.07, 6.45) is 1.94. The maximum atomic E-state index is 6.67. The summed E-state index contributed by atoms with van der Waals surface area (Å²) in [4.78, 5) is 7.22. The predicted molar refractivity (Wildman–Crippen MR) is 42.3 cm³/mol. The molecule has 0 fully saturated rings. The minimum absolute atomic E-state index is 0.465. The van der Waals surface area contributed by atoms with Crippen molar-refractivity contribution < 1.29 is 0 Å². The van der Waals surface area contributed by atoms with Gasteiger partial charge in [0.1, 0.15) is 0 Å². The average molecular weight is 150 g/mol. The van der Waals surface area contributed by atoms with Crippen molar-refractivity contribution in [2.45, 2.75) is 5.03 Å². The third kappa shape index (κ3) is 1.49. The van der Waals surface area contributed by atoms with Crippen molar-refractivity contribution in [1.82, 2.24) is 4.98 Å². The van der Waals surface area contributed by atoms with Crippen LogP contribution < -0.4 is 0 Å². The van der Waals surface area contributed by atoms with E-state index in [4.69, 9.17) is 6.57 Å². The Morgan fingerprint density at radius 3 is 3.00 bits per heavy atom. The van der Waals surface area contributed by atoms with Gasteiger partial charge in [0, 0.05) is 0 Å². The van der Waals surface area contributed by atoms with E-state index >= 15 is 0 Å². The summed E-state index contributed by atoms with van der Waals surface area (Å²) < 4.78 is 0. The van der Waals surface area contributed by atoms with Gasteiger partial charge in [0.25, 0.3) is 5.82 Å². The molecule has 0 N–H and O–H groups in total. The Bertz CT molecular complexity index is 265. The molecule has 3 heteroatoms. The van der Waals surface area contributed by atoms with E-state index in [0.717, 1.165) is 5.03 Å². The highest BCUT2D eigenvalue weighted by atomic mass is 32.2. The minimum Gasteiger partial charge on any atom is -0.361 e. The lowest BCUT2D eigenvalue weighted by atomic mass is 10.5. The Hall–Kier alpha value is -1.01. The van der Waals surface area contributed by atoms with Crippen LogP contribution in [0.15, 0.2) is 23.2 Å². The van der Waals surface area contributed by atoms with E-state index < -0.39 is 0 Å². The Labute approximate surface area is 64.1 Å². The molecule has 0 aliphatic carbocycles. The van der Waals surface area contributed by atoms with Crippen LogP contribution in [-0.4, -0.2) is 11.2 Å². The van der Waals surface area contributed by atoms with Crippen LogP contribution in [0.25, 0.3) is 4.85 Å². The van der Waals surface area contributed by atoms with Crippen molar-refractivity contribution in [3.05, 3.63) is 29.6 Å². The van der Waals surface area contributed by atoms with Crippen LogP contribution in [0, 0.1) is 6.57 Å². The fraction of sp³-hybridized carbons (Fsp3) is 0.143. The van der Waals surface area contributed by atoms with Crippen molar-refractivity contribution in [3.63, 3.8) is 0 Å². The second kappa shape index (κ2) is 3.23. The van der Waals surface area contributed by atoms with E-state index in [1.165, 1.54) is 0 Å². The molecule has 1 aromatic rings. The summed E-state index contributed by atoms with van der Waals surface area (Å²) in [6.45, 7) is 6.67. The molecule has 0 radical (unpaired) electrons.